The predicted molar refractivity (Wildman–Crippen MR) is 91.0 cm³/mol. The molecule has 0 aliphatic heterocycles. The summed E-state index contributed by atoms with van der Waals surface area (Å²) >= 11 is 0. The second-order valence-corrected chi connectivity index (χ2v) is 5.57. The first kappa shape index (κ1) is 20.6. The summed E-state index contributed by atoms with van der Waals surface area (Å²) in [4.78, 5) is 20.7. The number of carbonyl (C=O) groups excluding carboxylic acids is 1. The zero-order valence-corrected chi connectivity index (χ0v) is 13.9. The molecule has 22 heavy (non-hydrogen) atoms. The quantitative estimate of drug-likeness (QED) is 0.173. The summed E-state index contributed by atoms with van der Waals surface area (Å²) in [5, 5.41) is 11.0. The van der Waals surface area contributed by atoms with Crippen molar-refractivity contribution < 1.29 is 9.72 Å². The molecule has 125 valence electrons. The fourth-order valence-corrected chi connectivity index (χ4v) is 2.21. The molecule has 0 saturated heterocycles. The number of hydrogen-bond acceptors (Lipinski definition) is 3. The minimum atomic E-state index is -0.268. The Hall–Kier alpha value is -1.45. The first-order valence-corrected chi connectivity index (χ1v) is 8.55. The lowest BCUT2D eigenvalue weighted by molar-refractivity contribution is -0.427. The van der Waals surface area contributed by atoms with Crippen LogP contribution in [0.2, 0.25) is 0 Å². The van der Waals surface area contributed by atoms with E-state index >= 15 is 0 Å². The molecule has 4 heteroatoms. The zero-order valence-electron chi connectivity index (χ0n) is 13.9. The Labute approximate surface area is 134 Å². The normalized spacial score (nSPS) is 12.0. The van der Waals surface area contributed by atoms with Gasteiger partial charge >= 0.3 is 0 Å². The highest BCUT2D eigenvalue weighted by molar-refractivity contribution is 5.50. The molecule has 0 aromatic carbocycles. The molecule has 0 aliphatic rings. The lowest BCUT2D eigenvalue weighted by Gasteiger charge is -1.98. The molecule has 0 fully saturated rings. The van der Waals surface area contributed by atoms with E-state index in [1.807, 2.05) is 12.4 Å². The highest BCUT2D eigenvalue weighted by Crippen LogP contribution is 2.11. The number of allylic oxidation sites excluding steroid dienone is 3. The topological polar surface area (TPSA) is 60.2 Å². The van der Waals surface area contributed by atoms with Crippen LogP contribution in [0, 0.1) is 10.1 Å². The van der Waals surface area contributed by atoms with E-state index in [0.29, 0.717) is 18.5 Å². The Morgan fingerprint density at radius 1 is 1.00 bits per heavy atom. The van der Waals surface area contributed by atoms with Gasteiger partial charge in [-0.1, -0.05) is 51.2 Å². The average Bonchev–Trinajstić information content (AvgIpc) is 2.50. The van der Waals surface area contributed by atoms with Crippen molar-refractivity contribution >= 4 is 6.29 Å². The fraction of sp³-hybridized carbons (Fsp3) is 0.722. The van der Waals surface area contributed by atoms with Crippen LogP contribution in [0.3, 0.4) is 0 Å². The number of nitro groups is 1. The summed E-state index contributed by atoms with van der Waals surface area (Å²) in [5.41, 5.74) is 0.308. The minimum absolute atomic E-state index is 0.268. The third-order valence-corrected chi connectivity index (χ3v) is 3.57. The van der Waals surface area contributed by atoms with Crippen LogP contribution in [0.4, 0.5) is 0 Å². The van der Waals surface area contributed by atoms with Crippen LogP contribution in [0.1, 0.15) is 84.0 Å². The smallest absolute Gasteiger partial charge is 0.246 e. The highest BCUT2D eigenvalue weighted by atomic mass is 16.6. The molecule has 0 N–H and O–H groups in total. The Kier molecular flexibility index (Phi) is 14.9. The summed E-state index contributed by atoms with van der Waals surface area (Å²) in [7, 11) is 0. The zero-order chi connectivity index (χ0) is 16.5. The molecule has 0 atom stereocenters. The van der Waals surface area contributed by atoms with Crippen molar-refractivity contribution in [2.45, 2.75) is 84.0 Å². The summed E-state index contributed by atoms with van der Waals surface area (Å²) in [6.45, 7) is 2.16. The predicted octanol–water partition coefficient (Wildman–Crippen LogP) is 5.51. The van der Waals surface area contributed by atoms with Crippen molar-refractivity contribution in [3.05, 3.63) is 34.0 Å². The fourth-order valence-electron chi connectivity index (χ4n) is 2.21. The van der Waals surface area contributed by atoms with Crippen molar-refractivity contribution in [2.24, 2.45) is 0 Å². The summed E-state index contributed by atoms with van der Waals surface area (Å²) in [6, 6.07) is 0. The summed E-state index contributed by atoms with van der Waals surface area (Å²) < 4.78 is 0. The van der Waals surface area contributed by atoms with Crippen LogP contribution in [0.5, 0.6) is 0 Å². The van der Waals surface area contributed by atoms with Gasteiger partial charge in [-0.2, -0.15) is 0 Å². The first-order chi connectivity index (χ1) is 10.7. The molecule has 0 rings (SSSR count). The Bertz CT molecular complexity index is 348. The van der Waals surface area contributed by atoms with Gasteiger partial charge in [0.25, 0.3) is 0 Å². The van der Waals surface area contributed by atoms with E-state index in [-0.39, 0.29) is 4.92 Å². The van der Waals surface area contributed by atoms with E-state index < -0.39 is 0 Å². The minimum Gasteiger partial charge on any atom is -0.291 e. The van der Waals surface area contributed by atoms with Crippen LogP contribution in [0.25, 0.3) is 0 Å². The van der Waals surface area contributed by atoms with E-state index in [1.165, 1.54) is 12.8 Å². The van der Waals surface area contributed by atoms with Gasteiger partial charge in [-0.25, -0.2) is 0 Å². The van der Waals surface area contributed by atoms with Gasteiger partial charge < -0.3 is 0 Å². The molecular formula is C18H30NO3. The SMILES string of the molecule is CCCCC/C=C/C/C(=C\CCCCCCC[C]=O)[N+](=O)[O-]. The Morgan fingerprint density at radius 3 is 2.36 bits per heavy atom. The third kappa shape index (κ3) is 13.5. The maximum atomic E-state index is 11.0. The maximum absolute atomic E-state index is 11.0. The molecule has 0 saturated carbocycles. The van der Waals surface area contributed by atoms with E-state index in [2.05, 4.69) is 13.0 Å². The third-order valence-electron chi connectivity index (χ3n) is 3.57. The van der Waals surface area contributed by atoms with Crippen LogP contribution in [0.15, 0.2) is 23.9 Å². The van der Waals surface area contributed by atoms with Crippen molar-refractivity contribution in [3.63, 3.8) is 0 Å². The van der Waals surface area contributed by atoms with Gasteiger partial charge in [0.15, 0.2) is 6.29 Å². The van der Waals surface area contributed by atoms with Gasteiger partial charge in [-0.15, -0.1) is 0 Å². The van der Waals surface area contributed by atoms with Crippen LogP contribution < -0.4 is 0 Å². The molecular weight excluding hydrogens is 278 g/mol. The van der Waals surface area contributed by atoms with Gasteiger partial charge in [0.05, 0.1) is 11.3 Å². The van der Waals surface area contributed by atoms with Crippen LogP contribution >= 0.6 is 0 Å². The Balaban J connectivity index is 3.82. The number of rotatable bonds is 15. The first-order valence-electron chi connectivity index (χ1n) is 8.55. The van der Waals surface area contributed by atoms with E-state index in [1.54, 1.807) is 6.08 Å². The van der Waals surface area contributed by atoms with Gasteiger partial charge in [0.2, 0.25) is 5.70 Å². The number of nitrogens with zero attached hydrogens (tertiary/aromatic N) is 1. The van der Waals surface area contributed by atoms with Crippen LogP contribution in [-0.2, 0) is 4.79 Å². The lowest BCUT2D eigenvalue weighted by atomic mass is 10.1. The maximum Gasteiger partial charge on any atom is 0.246 e. The van der Waals surface area contributed by atoms with E-state index in [9.17, 15) is 14.9 Å². The highest BCUT2D eigenvalue weighted by Gasteiger charge is 2.06. The van der Waals surface area contributed by atoms with Crippen molar-refractivity contribution in [3.8, 4) is 0 Å². The summed E-state index contributed by atoms with van der Waals surface area (Å²) in [5.74, 6) is 0. The molecule has 0 aromatic rings. The molecule has 0 aliphatic carbocycles. The van der Waals surface area contributed by atoms with Gasteiger partial charge in [-0.05, 0) is 38.2 Å². The van der Waals surface area contributed by atoms with E-state index in [4.69, 9.17) is 0 Å². The second-order valence-electron chi connectivity index (χ2n) is 5.57. The molecule has 4 nitrogen and oxygen atoms in total. The molecule has 0 amide bonds. The molecule has 1 radical (unpaired) electrons. The monoisotopic (exact) mass is 308 g/mol. The molecule has 0 heterocycles. The Morgan fingerprint density at radius 2 is 1.68 bits per heavy atom. The average molecular weight is 308 g/mol. The van der Waals surface area contributed by atoms with Crippen molar-refractivity contribution in [1.82, 2.24) is 0 Å². The number of hydrogen-bond donors (Lipinski definition) is 0. The van der Waals surface area contributed by atoms with Gasteiger partial charge in [0, 0.05) is 6.42 Å². The van der Waals surface area contributed by atoms with Crippen LogP contribution in [-0.4, -0.2) is 11.2 Å². The number of unbranched alkanes of at least 4 members (excludes halogenated alkanes) is 9. The largest absolute Gasteiger partial charge is 0.291 e. The molecule has 0 aromatic heterocycles. The summed E-state index contributed by atoms with van der Waals surface area (Å²) in [6.07, 6.45) is 19.0. The van der Waals surface area contributed by atoms with Gasteiger partial charge in [-0.3, -0.25) is 14.9 Å². The molecule has 0 spiro atoms. The van der Waals surface area contributed by atoms with Gasteiger partial charge in [0.1, 0.15) is 0 Å². The van der Waals surface area contributed by atoms with Crippen molar-refractivity contribution in [1.29, 1.82) is 0 Å². The molecule has 0 bridgehead atoms. The second kappa shape index (κ2) is 15.9. The van der Waals surface area contributed by atoms with Crippen molar-refractivity contribution in [2.75, 3.05) is 0 Å². The standard InChI is InChI=1S/C18H30NO3/c1-2-3-4-5-9-12-15-18(19(21)22)16-13-10-7-6-8-11-14-17-20/h9,12,16H,2-8,10-11,13-15H2,1H3/b12-9+,18-16+. The molecule has 0 unspecified atom stereocenters. The van der Waals surface area contributed by atoms with E-state index in [0.717, 1.165) is 51.4 Å². The lowest BCUT2D eigenvalue weighted by Crippen LogP contribution is -1.97.